The summed E-state index contributed by atoms with van der Waals surface area (Å²) in [4.78, 5) is 0. The monoisotopic (exact) mass is 344 g/mol. The minimum absolute atomic E-state index is 0.116. The van der Waals surface area contributed by atoms with Crippen LogP contribution in [-0.4, -0.2) is 33.4 Å². The van der Waals surface area contributed by atoms with Crippen LogP contribution in [0.5, 0.6) is 11.5 Å². The number of benzene rings is 1. The third-order valence-corrected chi connectivity index (χ3v) is 3.34. The Bertz CT molecular complexity index is 411. The molecule has 5 heteroatoms. The van der Waals surface area contributed by atoms with E-state index < -0.39 is 0 Å². The Morgan fingerprint density at radius 3 is 2.60 bits per heavy atom. The summed E-state index contributed by atoms with van der Waals surface area (Å²) in [6, 6.07) is 4.10. The first kappa shape index (κ1) is 17.3. The topological polar surface area (TPSA) is 42.5 Å². The maximum absolute atomic E-state index is 5.78. The fourth-order valence-corrected chi connectivity index (χ4v) is 2.43. The van der Waals surface area contributed by atoms with E-state index in [9.17, 15) is 0 Å². The molecule has 0 aliphatic rings. The highest BCUT2D eigenvalue weighted by molar-refractivity contribution is 9.10. The van der Waals surface area contributed by atoms with Crippen LogP contribution in [0.25, 0.3) is 0 Å². The number of methoxy groups -OCH3 is 1. The summed E-state index contributed by atoms with van der Waals surface area (Å²) in [5.41, 5.74) is 1.18. The maximum Gasteiger partial charge on any atom is 0.175 e. The van der Waals surface area contributed by atoms with Gasteiger partial charge in [-0.3, -0.25) is 0 Å². The van der Waals surface area contributed by atoms with Crippen LogP contribution in [0.15, 0.2) is 16.6 Å². The molecule has 2 N–H and O–H groups in total. The number of hydrogen-bond acceptors (Lipinski definition) is 4. The Morgan fingerprint density at radius 1 is 1.25 bits per heavy atom. The first-order chi connectivity index (χ1) is 9.58. The zero-order valence-corrected chi connectivity index (χ0v) is 14.3. The van der Waals surface area contributed by atoms with Crippen molar-refractivity contribution in [3.05, 3.63) is 22.2 Å². The van der Waals surface area contributed by atoms with Gasteiger partial charge in [-0.2, -0.15) is 0 Å². The average molecular weight is 345 g/mol. The second-order valence-electron chi connectivity index (χ2n) is 4.91. The Balaban J connectivity index is 2.67. The molecule has 114 valence electrons. The van der Waals surface area contributed by atoms with Crippen molar-refractivity contribution < 1.29 is 9.47 Å². The Labute approximate surface area is 130 Å². The largest absolute Gasteiger partial charge is 0.493 e. The first-order valence-electron chi connectivity index (χ1n) is 6.96. The molecule has 0 amide bonds. The molecule has 20 heavy (non-hydrogen) atoms. The molecule has 0 fully saturated rings. The van der Waals surface area contributed by atoms with Crippen LogP contribution in [0.2, 0.25) is 0 Å². The van der Waals surface area contributed by atoms with E-state index in [4.69, 9.17) is 9.47 Å². The molecule has 0 radical (unpaired) electrons. The van der Waals surface area contributed by atoms with Gasteiger partial charge < -0.3 is 20.1 Å². The second kappa shape index (κ2) is 9.21. The van der Waals surface area contributed by atoms with Crippen LogP contribution in [-0.2, 0) is 6.54 Å². The van der Waals surface area contributed by atoms with E-state index in [-0.39, 0.29) is 6.10 Å². The Hall–Kier alpha value is -0.780. The third-order valence-electron chi connectivity index (χ3n) is 2.75. The number of nitrogens with one attached hydrogen (secondary N) is 2. The molecule has 1 aromatic carbocycles. The SMILES string of the molecule is CNCCCNCc1cc(Br)c(OC(C)C)c(OC)c1. The lowest BCUT2D eigenvalue weighted by atomic mass is 10.2. The van der Waals surface area contributed by atoms with E-state index in [0.717, 1.165) is 42.0 Å². The highest BCUT2D eigenvalue weighted by Gasteiger charge is 2.12. The predicted molar refractivity (Wildman–Crippen MR) is 86.7 cm³/mol. The molecule has 1 rings (SSSR count). The van der Waals surface area contributed by atoms with Gasteiger partial charge in [-0.1, -0.05) is 0 Å². The van der Waals surface area contributed by atoms with E-state index in [2.05, 4.69) is 32.6 Å². The molecule has 0 unspecified atom stereocenters. The molecular weight excluding hydrogens is 320 g/mol. The molecule has 0 aromatic heterocycles. The van der Waals surface area contributed by atoms with Gasteiger partial charge in [-0.25, -0.2) is 0 Å². The lowest BCUT2D eigenvalue weighted by molar-refractivity contribution is 0.228. The van der Waals surface area contributed by atoms with Crippen molar-refractivity contribution in [1.82, 2.24) is 10.6 Å². The number of ether oxygens (including phenoxy) is 2. The zero-order valence-electron chi connectivity index (χ0n) is 12.8. The van der Waals surface area contributed by atoms with Gasteiger partial charge >= 0.3 is 0 Å². The van der Waals surface area contributed by atoms with Gasteiger partial charge in [0.05, 0.1) is 17.7 Å². The van der Waals surface area contributed by atoms with Crippen molar-refractivity contribution in [3.8, 4) is 11.5 Å². The summed E-state index contributed by atoms with van der Waals surface area (Å²) in [7, 11) is 3.63. The van der Waals surface area contributed by atoms with E-state index in [0.29, 0.717) is 0 Å². The fourth-order valence-electron chi connectivity index (χ4n) is 1.85. The molecule has 0 aliphatic heterocycles. The van der Waals surface area contributed by atoms with Crippen molar-refractivity contribution in [2.24, 2.45) is 0 Å². The number of hydrogen-bond donors (Lipinski definition) is 2. The standard InChI is InChI=1S/C15H25BrN2O2/c1-11(2)20-15-13(16)8-12(9-14(15)19-4)10-18-7-5-6-17-3/h8-9,11,17-18H,5-7,10H2,1-4H3. The quantitative estimate of drug-likeness (QED) is 0.676. The number of halogens is 1. The molecule has 1 aromatic rings. The molecule has 0 aliphatic carbocycles. The van der Waals surface area contributed by atoms with Crippen molar-refractivity contribution in [2.45, 2.75) is 32.9 Å². The molecule has 0 spiro atoms. The van der Waals surface area contributed by atoms with Gasteiger partial charge in [0, 0.05) is 6.54 Å². The van der Waals surface area contributed by atoms with E-state index in [1.54, 1.807) is 7.11 Å². The second-order valence-corrected chi connectivity index (χ2v) is 5.76. The Morgan fingerprint density at radius 2 is 2.00 bits per heavy atom. The van der Waals surface area contributed by atoms with Gasteiger partial charge in [0.15, 0.2) is 11.5 Å². The van der Waals surface area contributed by atoms with Crippen molar-refractivity contribution in [1.29, 1.82) is 0 Å². The van der Waals surface area contributed by atoms with Gasteiger partial charge in [0.1, 0.15) is 0 Å². The van der Waals surface area contributed by atoms with E-state index >= 15 is 0 Å². The van der Waals surface area contributed by atoms with Crippen molar-refractivity contribution in [3.63, 3.8) is 0 Å². The zero-order chi connectivity index (χ0) is 15.0. The lowest BCUT2D eigenvalue weighted by Gasteiger charge is -2.16. The summed E-state index contributed by atoms with van der Waals surface area (Å²) < 4.78 is 12.1. The highest BCUT2D eigenvalue weighted by atomic mass is 79.9. The van der Waals surface area contributed by atoms with Gasteiger partial charge in [0.2, 0.25) is 0 Å². The van der Waals surface area contributed by atoms with Crippen molar-refractivity contribution in [2.75, 3.05) is 27.2 Å². The molecule has 0 atom stereocenters. The summed E-state index contributed by atoms with van der Waals surface area (Å²) in [6.07, 6.45) is 1.23. The fraction of sp³-hybridized carbons (Fsp3) is 0.600. The normalized spacial score (nSPS) is 10.9. The van der Waals surface area contributed by atoms with Gasteiger partial charge in [0.25, 0.3) is 0 Å². The summed E-state index contributed by atoms with van der Waals surface area (Å²) in [6.45, 7) is 6.85. The van der Waals surface area contributed by atoms with E-state index in [1.807, 2.05) is 27.0 Å². The van der Waals surface area contributed by atoms with E-state index in [1.165, 1.54) is 5.56 Å². The summed E-state index contributed by atoms with van der Waals surface area (Å²) in [5.74, 6) is 1.53. The molecule has 0 heterocycles. The smallest absolute Gasteiger partial charge is 0.175 e. The van der Waals surface area contributed by atoms with Gasteiger partial charge in [-0.05, 0) is 74.0 Å². The van der Waals surface area contributed by atoms with Crippen molar-refractivity contribution >= 4 is 15.9 Å². The third kappa shape index (κ3) is 5.69. The van der Waals surface area contributed by atoms with Crippen LogP contribution in [0.3, 0.4) is 0 Å². The molecule has 4 nitrogen and oxygen atoms in total. The molecule has 0 saturated carbocycles. The lowest BCUT2D eigenvalue weighted by Crippen LogP contribution is -2.19. The van der Waals surface area contributed by atoms with Crippen LogP contribution in [0.1, 0.15) is 25.8 Å². The van der Waals surface area contributed by atoms with Gasteiger partial charge in [-0.15, -0.1) is 0 Å². The number of rotatable bonds is 9. The van der Waals surface area contributed by atoms with Crippen LogP contribution >= 0.6 is 15.9 Å². The molecule has 0 saturated heterocycles. The average Bonchev–Trinajstić information content (AvgIpc) is 2.40. The maximum atomic E-state index is 5.78. The highest BCUT2D eigenvalue weighted by Crippen LogP contribution is 2.37. The minimum Gasteiger partial charge on any atom is -0.493 e. The van der Waals surface area contributed by atoms with Crippen LogP contribution in [0.4, 0.5) is 0 Å². The molecule has 0 bridgehead atoms. The summed E-state index contributed by atoms with van der Waals surface area (Å²) >= 11 is 3.56. The van der Waals surface area contributed by atoms with Crippen LogP contribution in [0, 0.1) is 0 Å². The predicted octanol–water partition coefficient (Wildman–Crippen LogP) is 2.94. The Kier molecular flexibility index (Phi) is 7.95. The molecular formula is C15H25BrN2O2. The minimum atomic E-state index is 0.116. The summed E-state index contributed by atoms with van der Waals surface area (Å²) in [5, 5.41) is 6.55. The first-order valence-corrected chi connectivity index (χ1v) is 7.76. The van der Waals surface area contributed by atoms with Crippen LogP contribution < -0.4 is 20.1 Å².